The van der Waals surface area contributed by atoms with Crippen molar-refractivity contribution in [1.29, 1.82) is 0 Å². The minimum atomic E-state index is -0.461. The number of ether oxygens (including phenoxy) is 2. The molecule has 0 aromatic heterocycles. The second kappa shape index (κ2) is 16.0. The topological polar surface area (TPSA) is 139 Å². The van der Waals surface area contributed by atoms with Gasteiger partial charge in [-0.15, -0.1) is 24.8 Å². The fourth-order valence-electron chi connectivity index (χ4n) is 1.89. The van der Waals surface area contributed by atoms with E-state index in [1.165, 1.54) is 0 Å². The molecule has 0 unspecified atom stereocenters. The lowest BCUT2D eigenvalue weighted by atomic mass is 10.1. The third kappa shape index (κ3) is 12.4. The van der Waals surface area contributed by atoms with Gasteiger partial charge in [0.05, 0.1) is 25.9 Å². The van der Waals surface area contributed by atoms with Gasteiger partial charge in [0.15, 0.2) is 0 Å². The van der Waals surface area contributed by atoms with Gasteiger partial charge in [0.1, 0.15) is 24.8 Å². The molecule has 1 rings (SSSR count). The third-order valence-electron chi connectivity index (χ3n) is 3.49. The highest BCUT2D eigenvalue weighted by molar-refractivity contribution is 5.86. The van der Waals surface area contributed by atoms with E-state index < -0.39 is 11.9 Å². The molecule has 0 aliphatic carbocycles. The molecule has 0 saturated carbocycles. The molecule has 10 heteroatoms. The Morgan fingerprint density at radius 2 is 0.964 bits per heavy atom. The van der Waals surface area contributed by atoms with Gasteiger partial charge in [-0.2, -0.15) is 0 Å². The van der Waals surface area contributed by atoms with E-state index in [-0.39, 0.29) is 88.4 Å². The van der Waals surface area contributed by atoms with Crippen molar-refractivity contribution in [2.75, 3.05) is 13.1 Å². The molecule has 28 heavy (non-hydrogen) atoms. The Kier molecular flexibility index (Phi) is 16.1. The molecule has 0 aliphatic rings. The van der Waals surface area contributed by atoms with Gasteiger partial charge in [-0.1, -0.05) is 24.3 Å². The average Bonchev–Trinajstić information content (AvgIpc) is 2.67. The van der Waals surface area contributed by atoms with Crippen molar-refractivity contribution in [2.24, 2.45) is 11.5 Å². The Morgan fingerprint density at radius 1 is 0.643 bits per heavy atom. The van der Waals surface area contributed by atoms with Crippen LogP contribution < -0.4 is 11.5 Å². The lowest BCUT2D eigenvalue weighted by Gasteiger charge is -2.07. The first-order valence-corrected chi connectivity index (χ1v) is 8.27. The number of carbonyl (C=O) groups is 4. The number of ketones is 2. The van der Waals surface area contributed by atoms with Crippen LogP contribution in [0.2, 0.25) is 0 Å². The van der Waals surface area contributed by atoms with Crippen molar-refractivity contribution >= 4 is 48.3 Å². The minimum absolute atomic E-state index is 0. The molecule has 1 aromatic rings. The van der Waals surface area contributed by atoms with E-state index in [2.05, 4.69) is 0 Å². The summed E-state index contributed by atoms with van der Waals surface area (Å²) < 4.78 is 10.1. The van der Waals surface area contributed by atoms with Crippen molar-refractivity contribution in [3.05, 3.63) is 35.4 Å². The molecule has 8 nitrogen and oxygen atoms in total. The second-order valence-electron chi connectivity index (χ2n) is 5.62. The zero-order valence-corrected chi connectivity index (χ0v) is 17.0. The van der Waals surface area contributed by atoms with Gasteiger partial charge in [0.25, 0.3) is 0 Å². The van der Waals surface area contributed by atoms with Crippen molar-refractivity contribution in [2.45, 2.75) is 38.9 Å². The summed E-state index contributed by atoms with van der Waals surface area (Å²) in [5.74, 6) is -1.30. The molecule has 0 radical (unpaired) electrons. The van der Waals surface area contributed by atoms with Crippen LogP contribution in [0.5, 0.6) is 0 Å². The summed E-state index contributed by atoms with van der Waals surface area (Å²) in [5.41, 5.74) is 11.9. The standard InChI is InChI=1S/C18H24N2O6.2ClH/c19-9-15(21)5-7-17(23)25-11-13-1-2-14(4-3-13)12-26-18(24)8-6-16(22)10-20;;/h1-4H,5-12,19-20H2;2*1H. The van der Waals surface area contributed by atoms with E-state index in [4.69, 9.17) is 20.9 Å². The summed E-state index contributed by atoms with van der Waals surface area (Å²) in [6.07, 6.45) is 0.181. The van der Waals surface area contributed by atoms with Crippen LogP contribution in [0.4, 0.5) is 0 Å². The highest BCUT2D eigenvalue weighted by Gasteiger charge is 2.08. The number of benzene rings is 1. The highest BCUT2D eigenvalue weighted by Crippen LogP contribution is 2.09. The first-order valence-electron chi connectivity index (χ1n) is 8.27. The molecule has 158 valence electrons. The lowest BCUT2D eigenvalue weighted by molar-refractivity contribution is -0.146. The number of rotatable bonds is 12. The van der Waals surface area contributed by atoms with Gasteiger partial charge in [0.2, 0.25) is 0 Å². The van der Waals surface area contributed by atoms with Crippen LogP contribution in [0.1, 0.15) is 36.8 Å². The Morgan fingerprint density at radius 3 is 1.25 bits per heavy atom. The van der Waals surface area contributed by atoms with Crippen LogP contribution in [0.25, 0.3) is 0 Å². The highest BCUT2D eigenvalue weighted by atomic mass is 35.5. The predicted octanol–water partition coefficient (Wildman–Crippen LogP) is 1.23. The second-order valence-corrected chi connectivity index (χ2v) is 5.62. The van der Waals surface area contributed by atoms with Gasteiger partial charge in [-0.25, -0.2) is 0 Å². The van der Waals surface area contributed by atoms with E-state index in [1.807, 2.05) is 0 Å². The van der Waals surface area contributed by atoms with Gasteiger partial charge in [0, 0.05) is 12.8 Å². The summed E-state index contributed by atoms with van der Waals surface area (Å²) in [6.45, 7) is 0.0269. The van der Waals surface area contributed by atoms with Crippen molar-refractivity contribution in [3.63, 3.8) is 0 Å². The molecule has 0 atom stereocenters. The third-order valence-corrected chi connectivity index (χ3v) is 3.49. The van der Waals surface area contributed by atoms with E-state index >= 15 is 0 Å². The normalized spacial score (nSPS) is 9.50. The summed E-state index contributed by atoms with van der Waals surface area (Å²) in [7, 11) is 0. The maximum Gasteiger partial charge on any atom is 0.306 e. The van der Waals surface area contributed by atoms with Crippen molar-refractivity contribution in [1.82, 2.24) is 0 Å². The zero-order chi connectivity index (χ0) is 19.4. The lowest BCUT2D eigenvalue weighted by Crippen LogP contribution is -2.15. The van der Waals surface area contributed by atoms with Crippen LogP contribution in [0.15, 0.2) is 24.3 Å². The molecule has 1 aromatic carbocycles. The van der Waals surface area contributed by atoms with E-state index in [0.717, 1.165) is 11.1 Å². The summed E-state index contributed by atoms with van der Waals surface area (Å²) in [6, 6.07) is 7.00. The molecular formula is C18H26Cl2N2O6. The molecule has 0 amide bonds. The summed E-state index contributed by atoms with van der Waals surface area (Å²) >= 11 is 0. The molecule has 0 spiro atoms. The fourth-order valence-corrected chi connectivity index (χ4v) is 1.89. The molecule has 0 fully saturated rings. The zero-order valence-electron chi connectivity index (χ0n) is 15.4. The van der Waals surface area contributed by atoms with Gasteiger partial charge < -0.3 is 20.9 Å². The van der Waals surface area contributed by atoms with Crippen LogP contribution in [0, 0.1) is 0 Å². The summed E-state index contributed by atoms with van der Waals surface area (Å²) in [5, 5.41) is 0. The molecule has 4 N–H and O–H groups in total. The Bertz CT molecular complexity index is 582. The van der Waals surface area contributed by atoms with Crippen LogP contribution in [0.3, 0.4) is 0 Å². The molecule has 0 bridgehead atoms. The SMILES string of the molecule is Cl.Cl.NCC(=O)CCC(=O)OCc1ccc(COC(=O)CCC(=O)CN)cc1. The molecule has 0 aliphatic heterocycles. The molecule has 0 heterocycles. The smallest absolute Gasteiger partial charge is 0.306 e. The monoisotopic (exact) mass is 436 g/mol. The fraction of sp³-hybridized carbons (Fsp3) is 0.444. The van der Waals surface area contributed by atoms with Crippen LogP contribution in [-0.2, 0) is 41.9 Å². The van der Waals surface area contributed by atoms with E-state index in [1.54, 1.807) is 24.3 Å². The number of carbonyl (C=O) groups excluding carboxylic acids is 4. The first-order chi connectivity index (χ1) is 12.4. The number of esters is 2. The van der Waals surface area contributed by atoms with Gasteiger partial charge >= 0.3 is 11.9 Å². The van der Waals surface area contributed by atoms with Gasteiger partial charge in [-0.3, -0.25) is 19.2 Å². The Hall–Kier alpha value is -2.00. The van der Waals surface area contributed by atoms with Crippen LogP contribution >= 0.6 is 24.8 Å². The quantitative estimate of drug-likeness (QED) is 0.466. The molecular weight excluding hydrogens is 411 g/mol. The number of Topliss-reactive ketones (excluding diaryl/α,β-unsaturated/α-hetero) is 2. The predicted molar refractivity (Wildman–Crippen MR) is 107 cm³/mol. The summed E-state index contributed by atoms with van der Waals surface area (Å²) in [4.78, 5) is 45.1. The van der Waals surface area contributed by atoms with E-state index in [0.29, 0.717) is 0 Å². The Balaban J connectivity index is 0. The van der Waals surface area contributed by atoms with Crippen molar-refractivity contribution < 1.29 is 28.7 Å². The van der Waals surface area contributed by atoms with E-state index in [9.17, 15) is 19.2 Å². The first kappa shape index (κ1) is 28.2. The largest absolute Gasteiger partial charge is 0.461 e. The Labute approximate surface area is 176 Å². The van der Waals surface area contributed by atoms with Crippen molar-refractivity contribution in [3.8, 4) is 0 Å². The number of halogens is 2. The average molecular weight is 437 g/mol. The van der Waals surface area contributed by atoms with Gasteiger partial charge in [-0.05, 0) is 11.1 Å². The maximum absolute atomic E-state index is 11.5. The molecule has 0 saturated heterocycles. The number of hydrogen-bond donors (Lipinski definition) is 2. The maximum atomic E-state index is 11.5. The minimum Gasteiger partial charge on any atom is -0.461 e. The number of nitrogens with two attached hydrogens (primary N) is 2. The van der Waals surface area contributed by atoms with Crippen LogP contribution in [-0.4, -0.2) is 36.6 Å². The number of hydrogen-bond acceptors (Lipinski definition) is 8.